The van der Waals surface area contributed by atoms with Gasteiger partial charge in [0.05, 0.1) is 0 Å². The molecule has 0 radical (unpaired) electrons. The Kier molecular flexibility index (Phi) is 1.83. The summed E-state index contributed by atoms with van der Waals surface area (Å²) in [6.45, 7) is 0. The zero-order valence-electron chi connectivity index (χ0n) is 6.48. The molecule has 2 rings (SSSR count). The lowest BCUT2D eigenvalue weighted by Crippen LogP contribution is -2.06. The van der Waals surface area contributed by atoms with E-state index in [4.69, 9.17) is 0 Å². The number of halogens is 4. The molecule has 0 saturated heterocycles. The van der Waals surface area contributed by atoms with E-state index in [1.165, 1.54) is 0 Å². The van der Waals surface area contributed by atoms with Crippen molar-refractivity contribution in [2.24, 2.45) is 0 Å². The minimum Gasteiger partial charge on any atom is -0.454 e. The molecular weight excluding hydrogens is 204 g/mol. The fourth-order valence-electron chi connectivity index (χ4n) is 0.994. The fourth-order valence-corrected chi connectivity index (χ4v) is 0.994. The van der Waals surface area contributed by atoms with Crippen molar-refractivity contribution >= 4 is 0 Å². The second kappa shape index (κ2) is 2.90. The van der Waals surface area contributed by atoms with Gasteiger partial charge >= 0.3 is 0 Å². The highest BCUT2D eigenvalue weighted by Gasteiger charge is 2.28. The second-order valence-electron chi connectivity index (χ2n) is 2.42. The van der Waals surface area contributed by atoms with Crippen molar-refractivity contribution in [2.45, 2.75) is 0 Å². The molecule has 0 spiro atoms. The number of benzene rings is 1. The first kappa shape index (κ1) is 8.86. The van der Waals surface area contributed by atoms with Gasteiger partial charge in [0.2, 0.25) is 34.8 Å². The standard InChI is InChI=1S/C8H2F4O2/c9-3-4(10)6(12)8-7(5(3)11)13-1-2-14-8/h1-2H. The predicted molar refractivity (Wildman–Crippen MR) is 36.7 cm³/mol. The Bertz CT molecular complexity index is 389. The van der Waals surface area contributed by atoms with E-state index >= 15 is 0 Å². The molecule has 1 heterocycles. The monoisotopic (exact) mass is 206 g/mol. The summed E-state index contributed by atoms with van der Waals surface area (Å²) in [6.07, 6.45) is 1.75. The Hall–Kier alpha value is -1.72. The minimum absolute atomic E-state index is 0.802. The fraction of sp³-hybridized carbons (Fsp3) is 0. The molecule has 0 atom stereocenters. The van der Waals surface area contributed by atoms with Crippen LogP contribution in [0.5, 0.6) is 11.5 Å². The van der Waals surface area contributed by atoms with Crippen LogP contribution in [0.4, 0.5) is 17.6 Å². The average Bonchev–Trinajstić information content (AvgIpc) is 2.23. The Morgan fingerprint density at radius 1 is 0.643 bits per heavy atom. The summed E-state index contributed by atoms with van der Waals surface area (Å²) in [6, 6.07) is 0. The molecule has 0 amide bonds. The Balaban J connectivity index is 2.74. The SMILES string of the molecule is Fc1c(F)c(F)c2c(c1F)OC=CO2. The topological polar surface area (TPSA) is 18.5 Å². The van der Waals surface area contributed by atoms with E-state index < -0.39 is 34.8 Å². The maximum Gasteiger partial charge on any atom is 0.211 e. The molecule has 74 valence electrons. The number of hydrogen-bond donors (Lipinski definition) is 0. The number of fused-ring (bicyclic) bond motifs is 1. The van der Waals surface area contributed by atoms with Crippen LogP contribution in [-0.2, 0) is 0 Å². The van der Waals surface area contributed by atoms with Crippen LogP contribution in [0.1, 0.15) is 0 Å². The lowest BCUT2D eigenvalue weighted by molar-refractivity contribution is 0.299. The summed E-state index contributed by atoms with van der Waals surface area (Å²) in [7, 11) is 0. The summed E-state index contributed by atoms with van der Waals surface area (Å²) in [5, 5.41) is 0. The van der Waals surface area contributed by atoms with Gasteiger partial charge in [0.1, 0.15) is 12.5 Å². The van der Waals surface area contributed by atoms with Gasteiger partial charge in [-0.15, -0.1) is 0 Å². The molecule has 2 nitrogen and oxygen atoms in total. The third kappa shape index (κ3) is 1.03. The van der Waals surface area contributed by atoms with Crippen LogP contribution in [0.25, 0.3) is 0 Å². The van der Waals surface area contributed by atoms with Gasteiger partial charge in [-0.3, -0.25) is 0 Å². The molecule has 1 aromatic carbocycles. The van der Waals surface area contributed by atoms with E-state index in [0.717, 1.165) is 12.5 Å². The molecule has 1 aliphatic heterocycles. The largest absolute Gasteiger partial charge is 0.454 e. The summed E-state index contributed by atoms with van der Waals surface area (Å²) in [5.41, 5.74) is 0. The summed E-state index contributed by atoms with van der Waals surface area (Å²) < 4.78 is 60.0. The van der Waals surface area contributed by atoms with E-state index in [0.29, 0.717) is 0 Å². The van der Waals surface area contributed by atoms with Crippen molar-refractivity contribution in [3.63, 3.8) is 0 Å². The van der Waals surface area contributed by atoms with Crippen LogP contribution >= 0.6 is 0 Å². The van der Waals surface area contributed by atoms with Gasteiger partial charge in [0.15, 0.2) is 0 Å². The lowest BCUT2D eigenvalue weighted by Gasteiger charge is -2.14. The number of hydrogen-bond acceptors (Lipinski definition) is 2. The van der Waals surface area contributed by atoms with Gasteiger partial charge < -0.3 is 9.47 Å². The zero-order chi connectivity index (χ0) is 10.3. The summed E-state index contributed by atoms with van der Waals surface area (Å²) in [4.78, 5) is 0. The summed E-state index contributed by atoms with van der Waals surface area (Å²) >= 11 is 0. The van der Waals surface area contributed by atoms with Gasteiger partial charge in [-0.05, 0) is 0 Å². The maximum absolute atomic E-state index is 12.9. The first-order chi connectivity index (χ1) is 6.63. The highest BCUT2D eigenvalue weighted by Crippen LogP contribution is 2.38. The summed E-state index contributed by atoms with van der Waals surface area (Å²) in [5.74, 6) is -8.71. The first-order valence-electron chi connectivity index (χ1n) is 3.47. The van der Waals surface area contributed by atoms with Crippen LogP contribution in [0, 0.1) is 23.3 Å². The van der Waals surface area contributed by atoms with Crippen molar-refractivity contribution in [1.29, 1.82) is 0 Å². The van der Waals surface area contributed by atoms with Crippen molar-refractivity contribution < 1.29 is 27.0 Å². The number of rotatable bonds is 0. The van der Waals surface area contributed by atoms with Gasteiger partial charge in [-0.2, -0.15) is 8.78 Å². The van der Waals surface area contributed by atoms with E-state index in [1.54, 1.807) is 0 Å². The highest BCUT2D eigenvalue weighted by atomic mass is 19.2. The first-order valence-corrected chi connectivity index (χ1v) is 3.47. The molecule has 0 fully saturated rings. The van der Waals surface area contributed by atoms with Gasteiger partial charge in [0, 0.05) is 0 Å². The molecule has 1 aliphatic rings. The van der Waals surface area contributed by atoms with Gasteiger partial charge in [-0.1, -0.05) is 0 Å². The maximum atomic E-state index is 12.9. The van der Waals surface area contributed by atoms with Crippen LogP contribution in [0.2, 0.25) is 0 Å². The van der Waals surface area contributed by atoms with Crippen LogP contribution in [0.3, 0.4) is 0 Å². The number of ether oxygens (including phenoxy) is 2. The molecule has 0 unspecified atom stereocenters. The highest BCUT2D eigenvalue weighted by molar-refractivity contribution is 5.45. The van der Waals surface area contributed by atoms with E-state index in [2.05, 4.69) is 9.47 Å². The molecule has 0 aromatic heterocycles. The molecule has 6 heteroatoms. The minimum atomic E-state index is -1.93. The molecule has 14 heavy (non-hydrogen) atoms. The van der Waals surface area contributed by atoms with Gasteiger partial charge in [0.25, 0.3) is 0 Å². The van der Waals surface area contributed by atoms with Crippen LogP contribution in [-0.4, -0.2) is 0 Å². The normalized spacial score (nSPS) is 13.1. The second-order valence-corrected chi connectivity index (χ2v) is 2.42. The van der Waals surface area contributed by atoms with Crippen molar-refractivity contribution in [3.8, 4) is 11.5 Å². The lowest BCUT2D eigenvalue weighted by atomic mass is 10.2. The van der Waals surface area contributed by atoms with E-state index in [9.17, 15) is 17.6 Å². The van der Waals surface area contributed by atoms with E-state index in [-0.39, 0.29) is 0 Å². The van der Waals surface area contributed by atoms with Crippen LogP contribution < -0.4 is 9.47 Å². The molecule has 0 N–H and O–H groups in total. The Labute approximate surface area is 75.4 Å². The van der Waals surface area contributed by atoms with Crippen molar-refractivity contribution in [3.05, 3.63) is 35.8 Å². The smallest absolute Gasteiger partial charge is 0.211 e. The zero-order valence-corrected chi connectivity index (χ0v) is 6.48. The van der Waals surface area contributed by atoms with E-state index in [1.807, 2.05) is 0 Å². The molecule has 0 saturated carbocycles. The third-order valence-electron chi connectivity index (χ3n) is 1.61. The van der Waals surface area contributed by atoms with Crippen LogP contribution in [0.15, 0.2) is 12.5 Å². The molecule has 1 aromatic rings. The predicted octanol–water partition coefficient (Wildman–Crippen LogP) is 2.49. The third-order valence-corrected chi connectivity index (χ3v) is 1.61. The quantitative estimate of drug-likeness (QED) is 0.369. The Morgan fingerprint density at radius 3 is 1.36 bits per heavy atom. The molecule has 0 aliphatic carbocycles. The van der Waals surface area contributed by atoms with Crippen molar-refractivity contribution in [1.82, 2.24) is 0 Å². The molecular formula is C8H2F4O2. The average molecular weight is 206 g/mol. The van der Waals surface area contributed by atoms with Crippen molar-refractivity contribution in [2.75, 3.05) is 0 Å². The molecule has 0 bridgehead atoms. The Morgan fingerprint density at radius 2 is 1.00 bits per heavy atom. The van der Waals surface area contributed by atoms with Gasteiger partial charge in [-0.25, -0.2) is 8.78 Å².